The Balaban J connectivity index is 2.72. The van der Waals surface area contributed by atoms with Crippen molar-refractivity contribution in [3.63, 3.8) is 0 Å². The molecule has 1 aromatic carbocycles. The number of amides is 1. The number of aliphatic hydroxyl groups is 1. The molecule has 1 rings (SSSR count). The molecule has 1 amide bonds. The van der Waals surface area contributed by atoms with Crippen molar-refractivity contribution in [2.75, 3.05) is 27.2 Å². The first-order chi connectivity index (χ1) is 9.24. The Bertz CT molecular complexity index is 463. The summed E-state index contributed by atoms with van der Waals surface area (Å²) >= 11 is 0. The highest BCUT2D eigenvalue weighted by Crippen LogP contribution is 2.30. The molecule has 0 saturated carbocycles. The Kier molecular flexibility index (Phi) is 5.52. The molecule has 20 heavy (non-hydrogen) atoms. The van der Waals surface area contributed by atoms with Crippen LogP contribution in [-0.2, 0) is 11.0 Å². The van der Waals surface area contributed by atoms with E-state index in [1.54, 1.807) is 7.05 Å². The van der Waals surface area contributed by atoms with Gasteiger partial charge in [0.15, 0.2) is 0 Å². The summed E-state index contributed by atoms with van der Waals surface area (Å²) in [7, 11) is 3.09. The number of hydrogen-bond donors (Lipinski definition) is 2. The number of aliphatic hydroxyl groups excluding tert-OH is 1. The molecule has 0 saturated heterocycles. The lowest BCUT2D eigenvalue weighted by Crippen LogP contribution is -2.35. The minimum absolute atomic E-state index is 0.0620. The van der Waals surface area contributed by atoms with E-state index in [-0.39, 0.29) is 24.6 Å². The molecule has 0 aromatic heterocycles. The number of rotatable bonds is 5. The van der Waals surface area contributed by atoms with Gasteiger partial charge in [-0.15, -0.1) is 0 Å². The number of likely N-dealkylation sites (N-methyl/N-ethyl adjacent to an activating group) is 2. The fourth-order valence-corrected chi connectivity index (χ4v) is 1.71. The number of carbonyl (C=O) groups excluding carboxylic acids is 1. The van der Waals surface area contributed by atoms with E-state index < -0.39 is 17.8 Å². The van der Waals surface area contributed by atoms with Crippen LogP contribution >= 0.6 is 0 Å². The largest absolute Gasteiger partial charge is 0.416 e. The Morgan fingerprint density at radius 3 is 2.65 bits per heavy atom. The van der Waals surface area contributed by atoms with Crippen molar-refractivity contribution in [3.05, 3.63) is 35.4 Å². The van der Waals surface area contributed by atoms with Gasteiger partial charge in [-0.25, -0.2) is 0 Å². The third-order valence-corrected chi connectivity index (χ3v) is 2.78. The van der Waals surface area contributed by atoms with Crippen molar-refractivity contribution >= 4 is 5.91 Å². The van der Waals surface area contributed by atoms with Gasteiger partial charge in [0, 0.05) is 13.6 Å². The highest BCUT2D eigenvalue weighted by Gasteiger charge is 2.30. The van der Waals surface area contributed by atoms with Gasteiger partial charge in [0.2, 0.25) is 5.91 Å². The maximum absolute atomic E-state index is 12.6. The van der Waals surface area contributed by atoms with E-state index in [1.165, 1.54) is 24.1 Å². The summed E-state index contributed by atoms with van der Waals surface area (Å²) in [5, 5.41) is 12.4. The molecule has 0 fully saturated rings. The van der Waals surface area contributed by atoms with Crippen LogP contribution in [0.25, 0.3) is 0 Å². The molecule has 2 N–H and O–H groups in total. The van der Waals surface area contributed by atoms with Crippen LogP contribution in [-0.4, -0.2) is 43.1 Å². The third kappa shape index (κ3) is 4.82. The molecule has 1 aromatic rings. The van der Waals surface area contributed by atoms with Crippen LogP contribution in [0, 0.1) is 0 Å². The SMILES string of the molecule is CNC(=O)CN(C)C[C@H](O)c1cccc(C(F)(F)F)c1. The summed E-state index contributed by atoms with van der Waals surface area (Å²) in [4.78, 5) is 12.7. The molecule has 0 aliphatic heterocycles. The first-order valence-corrected chi connectivity index (χ1v) is 5.98. The molecule has 7 heteroatoms. The van der Waals surface area contributed by atoms with Gasteiger partial charge >= 0.3 is 6.18 Å². The van der Waals surface area contributed by atoms with Crippen LogP contribution in [0.3, 0.4) is 0 Å². The van der Waals surface area contributed by atoms with Gasteiger partial charge in [-0.05, 0) is 24.7 Å². The van der Waals surface area contributed by atoms with Gasteiger partial charge < -0.3 is 10.4 Å². The average Bonchev–Trinajstić information content (AvgIpc) is 2.37. The number of alkyl halides is 3. The van der Waals surface area contributed by atoms with Gasteiger partial charge in [-0.1, -0.05) is 12.1 Å². The van der Waals surface area contributed by atoms with Gasteiger partial charge in [-0.2, -0.15) is 13.2 Å². The van der Waals surface area contributed by atoms with Gasteiger partial charge in [0.1, 0.15) is 0 Å². The zero-order valence-corrected chi connectivity index (χ0v) is 11.2. The van der Waals surface area contributed by atoms with E-state index in [0.717, 1.165) is 12.1 Å². The Hall–Kier alpha value is -1.60. The van der Waals surface area contributed by atoms with Crippen molar-refractivity contribution in [2.45, 2.75) is 12.3 Å². The quantitative estimate of drug-likeness (QED) is 0.862. The second kappa shape index (κ2) is 6.71. The maximum Gasteiger partial charge on any atom is 0.416 e. The molecule has 0 bridgehead atoms. The van der Waals surface area contributed by atoms with Crippen molar-refractivity contribution < 1.29 is 23.1 Å². The number of hydrogen-bond acceptors (Lipinski definition) is 3. The van der Waals surface area contributed by atoms with E-state index >= 15 is 0 Å². The van der Waals surface area contributed by atoms with Crippen LogP contribution in [0.5, 0.6) is 0 Å². The molecule has 0 spiro atoms. The van der Waals surface area contributed by atoms with Crippen LogP contribution in [0.1, 0.15) is 17.2 Å². The molecule has 112 valence electrons. The maximum atomic E-state index is 12.6. The number of halogens is 3. The summed E-state index contributed by atoms with van der Waals surface area (Å²) in [6, 6.07) is 4.54. The molecule has 4 nitrogen and oxygen atoms in total. The lowest BCUT2D eigenvalue weighted by molar-refractivity contribution is -0.137. The number of benzene rings is 1. The Labute approximate surface area is 115 Å². The molecule has 0 unspecified atom stereocenters. The highest BCUT2D eigenvalue weighted by atomic mass is 19.4. The molecule has 0 aliphatic rings. The number of carbonyl (C=O) groups is 1. The number of nitrogens with one attached hydrogen (secondary N) is 1. The summed E-state index contributed by atoms with van der Waals surface area (Å²) in [6.07, 6.45) is -5.53. The van der Waals surface area contributed by atoms with Crippen molar-refractivity contribution in [1.29, 1.82) is 0 Å². The zero-order chi connectivity index (χ0) is 15.3. The minimum Gasteiger partial charge on any atom is -0.387 e. The predicted molar refractivity (Wildman–Crippen MR) is 68.0 cm³/mol. The normalized spacial score (nSPS) is 13.3. The van der Waals surface area contributed by atoms with E-state index in [2.05, 4.69) is 5.32 Å². The molecule has 0 heterocycles. The lowest BCUT2D eigenvalue weighted by atomic mass is 10.1. The molecule has 0 aliphatic carbocycles. The standard InChI is InChI=1S/C13H17F3N2O2/c1-17-12(20)8-18(2)7-11(19)9-4-3-5-10(6-9)13(14,15)16/h3-6,11,19H,7-8H2,1-2H3,(H,17,20)/t11-/m0/s1. The lowest BCUT2D eigenvalue weighted by Gasteiger charge is -2.20. The van der Waals surface area contributed by atoms with Gasteiger partial charge in [0.05, 0.1) is 18.2 Å². The predicted octanol–water partition coefficient (Wildman–Crippen LogP) is 1.42. The Morgan fingerprint density at radius 1 is 1.45 bits per heavy atom. The Morgan fingerprint density at radius 2 is 2.10 bits per heavy atom. The fourth-order valence-electron chi connectivity index (χ4n) is 1.71. The zero-order valence-electron chi connectivity index (χ0n) is 11.2. The second-order valence-corrected chi connectivity index (χ2v) is 4.51. The second-order valence-electron chi connectivity index (χ2n) is 4.51. The molecular weight excluding hydrogens is 273 g/mol. The topological polar surface area (TPSA) is 52.6 Å². The fraction of sp³-hybridized carbons (Fsp3) is 0.462. The van der Waals surface area contributed by atoms with Gasteiger partial charge in [-0.3, -0.25) is 9.69 Å². The van der Waals surface area contributed by atoms with E-state index in [1.807, 2.05) is 0 Å². The van der Waals surface area contributed by atoms with Crippen LogP contribution < -0.4 is 5.32 Å². The van der Waals surface area contributed by atoms with E-state index in [4.69, 9.17) is 0 Å². The summed E-state index contributed by atoms with van der Waals surface area (Å²) in [5.74, 6) is -0.233. The van der Waals surface area contributed by atoms with Gasteiger partial charge in [0.25, 0.3) is 0 Å². The number of nitrogens with zero attached hydrogens (tertiary/aromatic N) is 1. The smallest absolute Gasteiger partial charge is 0.387 e. The average molecular weight is 290 g/mol. The van der Waals surface area contributed by atoms with E-state index in [0.29, 0.717) is 0 Å². The summed E-state index contributed by atoms with van der Waals surface area (Å²) in [6.45, 7) is 0.126. The highest BCUT2D eigenvalue weighted by molar-refractivity contribution is 5.77. The van der Waals surface area contributed by atoms with Crippen molar-refractivity contribution in [2.24, 2.45) is 0 Å². The summed E-state index contributed by atoms with van der Waals surface area (Å²) in [5.41, 5.74) is -0.633. The third-order valence-electron chi connectivity index (χ3n) is 2.78. The molecule has 1 atom stereocenters. The first-order valence-electron chi connectivity index (χ1n) is 5.98. The molecular formula is C13H17F3N2O2. The molecule has 0 radical (unpaired) electrons. The first kappa shape index (κ1) is 16.5. The van der Waals surface area contributed by atoms with Crippen LogP contribution in [0.15, 0.2) is 24.3 Å². The monoisotopic (exact) mass is 290 g/mol. The van der Waals surface area contributed by atoms with Crippen LogP contribution in [0.4, 0.5) is 13.2 Å². The van der Waals surface area contributed by atoms with Crippen LogP contribution in [0.2, 0.25) is 0 Å². The van der Waals surface area contributed by atoms with Crippen molar-refractivity contribution in [1.82, 2.24) is 10.2 Å². The minimum atomic E-state index is -4.44. The van der Waals surface area contributed by atoms with E-state index in [9.17, 15) is 23.1 Å². The summed E-state index contributed by atoms with van der Waals surface area (Å²) < 4.78 is 37.7. The van der Waals surface area contributed by atoms with Crippen molar-refractivity contribution in [3.8, 4) is 0 Å².